The second kappa shape index (κ2) is 6.99. The van der Waals surface area contributed by atoms with Gasteiger partial charge in [-0.05, 0) is 18.2 Å². The largest absolute Gasteiger partial charge is 0.496 e. The maximum Gasteiger partial charge on any atom is 0.234 e. The first kappa shape index (κ1) is 16.9. The number of rotatable bonds is 5. The van der Waals surface area contributed by atoms with E-state index >= 15 is 0 Å². The zero-order valence-corrected chi connectivity index (χ0v) is 14.3. The molecule has 136 valence electrons. The van der Waals surface area contributed by atoms with Gasteiger partial charge in [0.15, 0.2) is 0 Å². The summed E-state index contributed by atoms with van der Waals surface area (Å²) < 4.78 is 39.0. The van der Waals surface area contributed by atoms with Gasteiger partial charge in [0.1, 0.15) is 24.0 Å². The van der Waals surface area contributed by atoms with Gasteiger partial charge in [-0.2, -0.15) is 0 Å². The first-order valence-electron chi connectivity index (χ1n) is 8.04. The van der Waals surface area contributed by atoms with Crippen LogP contribution >= 0.6 is 0 Å². The first-order chi connectivity index (χ1) is 13.1. The minimum atomic E-state index is -0.422. The normalized spacial score (nSPS) is 10.9. The first-order valence-corrected chi connectivity index (χ1v) is 8.04. The van der Waals surface area contributed by atoms with Crippen molar-refractivity contribution in [3.63, 3.8) is 0 Å². The quantitative estimate of drug-likeness (QED) is 0.538. The Kier molecular flexibility index (Phi) is 4.37. The fourth-order valence-corrected chi connectivity index (χ4v) is 2.66. The van der Waals surface area contributed by atoms with Crippen LogP contribution in [0.5, 0.6) is 11.6 Å². The Hall–Kier alpha value is -3.55. The van der Waals surface area contributed by atoms with Gasteiger partial charge in [0, 0.05) is 48.0 Å². The van der Waals surface area contributed by atoms with Crippen molar-refractivity contribution in [1.29, 1.82) is 0 Å². The molecule has 0 radical (unpaired) electrons. The molecule has 0 amide bonds. The molecule has 0 N–H and O–H groups in total. The average Bonchev–Trinajstić information content (AvgIpc) is 3.08. The molecule has 0 atom stereocenters. The molecule has 6 nitrogen and oxygen atoms in total. The lowest BCUT2D eigenvalue weighted by Crippen LogP contribution is -1.97. The van der Waals surface area contributed by atoms with E-state index in [1.54, 1.807) is 22.9 Å². The van der Waals surface area contributed by atoms with Gasteiger partial charge in [-0.25, -0.2) is 23.7 Å². The van der Waals surface area contributed by atoms with Crippen LogP contribution in [0, 0.1) is 11.6 Å². The third kappa shape index (κ3) is 3.55. The summed E-state index contributed by atoms with van der Waals surface area (Å²) in [6, 6.07) is 6.76. The molecule has 0 saturated heterocycles. The van der Waals surface area contributed by atoms with Crippen molar-refractivity contribution in [2.75, 3.05) is 7.11 Å². The summed E-state index contributed by atoms with van der Waals surface area (Å²) in [5.74, 6) is 0.270. The summed E-state index contributed by atoms with van der Waals surface area (Å²) in [6.07, 6.45) is 6.53. The van der Waals surface area contributed by atoms with Crippen molar-refractivity contribution in [3.8, 4) is 22.8 Å². The number of ether oxygens (including phenoxy) is 2. The Morgan fingerprint density at radius 2 is 1.89 bits per heavy atom. The Balaban J connectivity index is 1.60. The maximum absolute atomic E-state index is 13.4. The van der Waals surface area contributed by atoms with Crippen LogP contribution in [0.2, 0.25) is 0 Å². The van der Waals surface area contributed by atoms with Crippen molar-refractivity contribution in [2.45, 2.75) is 6.61 Å². The lowest BCUT2D eigenvalue weighted by Gasteiger charge is -2.08. The molecular formula is C19H14F2N4O2. The molecule has 27 heavy (non-hydrogen) atoms. The van der Waals surface area contributed by atoms with Crippen LogP contribution in [0.15, 0.2) is 55.1 Å². The van der Waals surface area contributed by atoms with Crippen LogP contribution in [-0.2, 0) is 6.61 Å². The molecule has 0 aliphatic rings. The Labute approximate surface area is 153 Å². The van der Waals surface area contributed by atoms with E-state index in [0.29, 0.717) is 22.8 Å². The Morgan fingerprint density at radius 3 is 2.70 bits per heavy atom. The van der Waals surface area contributed by atoms with E-state index in [0.717, 1.165) is 5.56 Å². The molecule has 0 aliphatic heterocycles. The summed E-state index contributed by atoms with van der Waals surface area (Å²) in [6.45, 7) is 0.120. The molecule has 4 aromatic rings. The van der Waals surface area contributed by atoms with Crippen LogP contribution in [0.4, 0.5) is 8.78 Å². The number of methoxy groups -OCH3 is 1. The number of fused-ring (bicyclic) bond motifs is 1. The standard InChI is InChI=1S/C19H14F2N4O2/c1-26-17-6-13(20)2-3-16(17)12-8-23-19-24-15(10-25(19)9-12)11-27-18-7-14(21)4-5-22-18/h2-10H,11H2,1H3. The van der Waals surface area contributed by atoms with E-state index < -0.39 is 5.82 Å². The molecule has 0 bridgehead atoms. The monoisotopic (exact) mass is 368 g/mol. The highest BCUT2D eigenvalue weighted by atomic mass is 19.1. The topological polar surface area (TPSA) is 61.5 Å². The van der Waals surface area contributed by atoms with E-state index in [1.807, 2.05) is 6.20 Å². The molecule has 8 heteroatoms. The molecule has 0 spiro atoms. The van der Waals surface area contributed by atoms with Crippen molar-refractivity contribution < 1.29 is 18.3 Å². The molecule has 0 fully saturated rings. The fourth-order valence-electron chi connectivity index (χ4n) is 2.66. The number of pyridine rings is 1. The molecule has 0 aliphatic carbocycles. The molecular weight excluding hydrogens is 354 g/mol. The van der Waals surface area contributed by atoms with Crippen LogP contribution in [0.3, 0.4) is 0 Å². The fraction of sp³-hybridized carbons (Fsp3) is 0.105. The highest BCUT2D eigenvalue weighted by Crippen LogP contribution is 2.30. The second-order valence-corrected chi connectivity index (χ2v) is 5.73. The van der Waals surface area contributed by atoms with Gasteiger partial charge < -0.3 is 9.47 Å². The van der Waals surface area contributed by atoms with Crippen molar-refractivity contribution in [1.82, 2.24) is 19.4 Å². The highest BCUT2D eigenvalue weighted by molar-refractivity contribution is 5.69. The van der Waals surface area contributed by atoms with E-state index in [1.165, 1.54) is 37.6 Å². The zero-order valence-electron chi connectivity index (χ0n) is 14.3. The summed E-state index contributed by atoms with van der Waals surface area (Å²) >= 11 is 0. The van der Waals surface area contributed by atoms with Gasteiger partial charge in [0.05, 0.1) is 12.8 Å². The van der Waals surface area contributed by atoms with Crippen LogP contribution in [-0.4, -0.2) is 26.5 Å². The van der Waals surface area contributed by atoms with Gasteiger partial charge in [0.25, 0.3) is 0 Å². The minimum absolute atomic E-state index is 0.120. The van der Waals surface area contributed by atoms with Gasteiger partial charge in [-0.3, -0.25) is 4.40 Å². The van der Waals surface area contributed by atoms with Crippen LogP contribution in [0.25, 0.3) is 16.9 Å². The van der Waals surface area contributed by atoms with E-state index in [-0.39, 0.29) is 18.3 Å². The van der Waals surface area contributed by atoms with E-state index in [9.17, 15) is 8.78 Å². The molecule has 3 heterocycles. The van der Waals surface area contributed by atoms with Crippen molar-refractivity contribution in [3.05, 3.63) is 72.4 Å². The third-order valence-electron chi connectivity index (χ3n) is 3.90. The Morgan fingerprint density at radius 1 is 1.04 bits per heavy atom. The predicted molar refractivity (Wildman–Crippen MR) is 93.5 cm³/mol. The lowest BCUT2D eigenvalue weighted by molar-refractivity contribution is 0.288. The van der Waals surface area contributed by atoms with E-state index in [4.69, 9.17) is 9.47 Å². The molecule has 0 unspecified atom stereocenters. The molecule has 1 aromatic carbocycles. The smallest absolute Gasteiger partial charge is 0.234 e. The van der Waals surface area contributed by atoms with Gasteiger partial charge in [0.2, 0.25) is 11.7 Å². The number of imidazole rings is 1. The number of halogens is 2. The summed E-state index contributed by atoms with van der Waals surface area (Å²) in [4.78, 5) is 12.6. The molecule has 4 rings (SSSR count). The maximum atomic E-state index is 13.4. The predicted octanol–water partition coefficient (Wildman–Crippen LogP) is 3.66. The average molecular weight is 368 g/mol. The van der Waals surface area contributed by atoms with Gasteiger partial charge >= 0.3 is 0 Å². The summed E-state index contributed by atoms with van der Waals surface area (Å²) in [5, 5.41) is 0. The summed E-state index contributed by atoms with van der Waals surface area (Å²) in [5.41, 5.74) is 2.07. The van der Waals surface area contributed by atoms with Gasteiger partial charge in [-0.15, -0.1) is 0 Å². The van der Waals surface area contributed by atoms with Gasteiger partial charge in [-0.1, -0.05) is 0 Å². The number of hydrogen-bond donors (Lipinski definition) is 0. The second-order valence-electron chi connectivity index (χ2n) is 5.73. The third-order valence-corrected chi connectivity index (χ3v) is 3.90. The minimum Gasteiger partial charge on any atom is -0.496 e. The molecule has 3 aromatic heterocycles. The highest BCUT2D eigenvalue weighted by Gasteiger charge is 2.11. The van der Waals surface area contributed by atoms with Crippen LogP contribution in [0.1, 0.15) is 5.69 Å². The lowest BCUT2D eigenvalue weighted by atomic mass is 10.1. The van der Waals surface area contributed by atoms with Crippen molar-refractivity contribution in [2.24, 2.45) is 0 Å². The van der Waals surface area contributed by atoms with Crippen LogP contribution < -0.4 is 9.47 Å². The molecule has 0 saturated carbocycles. The zero-order chi connectivity index (χ0) is 18.8. The number of aromatic nitrogens is 4. The number of benzene rings is 1. The SMILES string of the molecule is COc1cc(F)ccc1-c1cnc2nc(COc3cc(F)ccn3)cn2c1. The number of hydrogen-bond acceptors (Lipinski definition) is 5. The summed E-state index contributed by atoms with van der Waals surface area (Å²) in [7, 11) is 1.48. The number of nitrogens with zero attached hydrogens (tertiary/aromatic N) is 4. The van der Waals surface area contributed by atoms with Crippen molar-refractivity contribution >= 4 is 5.78 Å². The van der Waals surface area contributed by atoms with E-state index in [2.05, 4.69) is 15.0 Å². The Bertz CT molecular complexity index is 1110.